The third-order valence-electron chi connectivity index (χ3n) is 8.36. The maximum atomic E-state index is 4.44. The van der Waals surface area contributed by atoms with Gasteiger partial charge in [0, 0.05) is 0 Å². The second kappa shape index (κ2) is 3.93. The van der Waals surface area contributed by atoms with E-state index in [1.807, 2.05) is 0 Å². The molecule has 0 amide bonds. The fourth-order valence-electron chi connectivity index (χ4n) is 7.68. The minimum atomic E-state index is 0.584. The molecule has 2 bridgehead atoms. The van der Waals surface area contributed by atoms with Gasteiger partial charge in [-0.05, 0) is 85.4 Å². The smallest absolute Gasteiger partial charge is 0.0200 e. The van der Waals surface area contributed by atoms with E-state index in [0.29, 0.717) is 16.2 Å². The minimum Gasteiger partial charge on any atom is -0.0996 e. The lowest BCUT2D eigenvalue weighted by Gasteiger charge is -2.64. The van der Waals surface area contributed by atoms with Gasteiger partial charge >= 0.3 is 0 Å². The molecule has 4 saturated carbocycles. The highest BCUT2D eigenvalue weighted by atomic mass is 14.7. The Labute approximate surface area is 125 Å². The van der Waals surface area contributed by atoms with E-state index in [4.69, 9.17) is 0 Å². The summed E-state index contributed by atoms with van der Waals surface area (Å²) in [6.45, 7) is 12.2. The van der Waals surface area contributed by atoms with E-state index in [0.717, 1.165) is 17.8 Å². The third-order valence-corrected chi connectivity index (χ3v) is 8.36. The molecule has 1 spiro atoms. The standard InChI is InChI=1S/C20H32/c1-14-12-20-11-8-16-18(2,3)9-5-10-19(16,4)17(20)7-6-15(14)13-20/h15-17H,1,5-13H2,2-4H3/t15-,16-,17+,19-,20?/m1/s1. The van der Waals surface area contributed by atoms with Gasteiger partial charge in [-0.3, -0.25) is 0 Å². The van der Waals surface area contributed by atoms with Crippen LogP contribution in [0.15, 0.2) is 12.2 Å². The summed E-state index contributed by atoms with van der Waals surface area (Å²) in [6, 6.07) is 0. The fraction of sp³-hybridized carbons (Fsp3) is 0.900. The van der Waals surface area contributed by atoms with Crippen molar-refractivity contribution in [3.63, 3.8) is 0 Å². The SMILES string of the molecule is C=C1CC23CC[C@@H]4C(C)(C)CCC[C@@]4(C)[C@@H]2CC[C@@H]1C3. The zero-order valence-corrected chi connectivity index (χ0v) is 13.8. The van der Waals surface area contributed by atoms with Crippen LogP contribution in [0, 0.1) is 34.0 Å². The monoisotopic (exact) mass is 272 g/mol. The van der Waals surface area contributed by atoms with Gasteiger partial charge in [0.2, 0.25) is 0 Å². The van der Waals surface area contributed by atoms with Gasteiger partial charge in [-0.1, -0.05) is 39.3 Å². The predicted octanol–water partition coefficient (Wildman–Crippen LogP) is 5.98. The maximum Gasteiger partial charge on any atom is -0.0200 e. The Bertz CT molecular complexity index is 445. The zero-order chi connectivity index (χ0) is 14.2. The Kier molecular flexibility index (Phi) is 2.63. The number of rotatable bonds is 0. The van der Waals surface area contributed by atoms with Crippen LogP contribution in [0.25, 0.3) is 0 Å². The average Bonchev–Trinajstić information content (AvgIpc) is 2.58. The molecule has 0 radical (unpaired) electrons. The van der Waals surface area contributed by atoms with Crippen LogP contribution in [0.5, 0.6) is 0 Å². The average molecular weight is 272 g/mol. The molecule has 0 aromatic carbocycles. The molecular weight excluding hydrogens is 240 g/mol. The number of hydrogen-bond acceptors (Lipinski definition) is 0. The molecule has 4 rings (SSSR count). The van der Waals surface area contributed by atoms with Crippen LogP contribution in [0.1, 0.15) is 78.6 Å². The van der Waals surface area contributed by atoms with E-state index >= 15 is 0 Å². The van der Waals surface area contributed by atoms with Crippen LogP contribution in [-0.2, 0) is 0 Å². The highest BCUT2D eigenvalue weighted by Crippen LogP contribution is 2.72. The molecule has 20 heavy (non-hydrogen) atoms. The van der Waals surface area contributed by atoms with E-state index < -0.39 is 0 Å². The van der Waals surface area contributed by atoms with Gasteiger partial charge in [0.25, 0.3) is 0 Å². The lowest BCUT2D eigenvalue weighted by molar-refractivity contribution is -0.144. The molecule has 0 saturated heterocycles. The summed E-state index contributed by atoms with van der Waals surface area (Å²) in [5.74, 6) is 2.87. The fourth-order valence-corrected chi connectivity index (χ4v) is 7.68. The van der Waals surface area contributed by atoms with Crippen molar-refractivity contribution in [1.82, 2.24) is 0 Å². The van der Waals surface area contributed by atoms with Crippen LogP contribution in [0.2, 0.25) is 0 Å². The normalized spacial score (nSPS) is 53.4. The van der Waals surface area contributed by atoms with Crippen molar-refractivity contribution in [3.8, 4) is 0 Å². The lowest BCUT2D eigenvalue weighted by Crippen LogP contribution is -2.55. The molecule has 0 aliphatic heterocycles. The molecule has 0 nitrogen and oxygen atoms in total. The first-order valence-corrected chi connectivity index (χ1v) is 9.05. The van der Waals surface area contributed by atoms with E-state index in [1.54, 1.807) is 5.57 Å². The van der Waals surface area contributed by atoms with Gasteiger partial charge in [0.05, 0.1) is 0 Å². The molecule has 0 heterocycles. The number of fused-ring (bicyclic) bond motifs is 3. The van der Waals surface area contributed by atoms with Gasteiger partial charge in [-0.25, -0.2) is 0 Å². The van der Waals surface area contributed by atoms with E-state index in [2.05, 4.69) is 27.4 Å². The summed E-state index contributed by atoms with van der Waals surface area (Å²) in [5.41, 5.74) is 3.51. The summed E-state index contributed by atoms with van der Waals surface area (Å²) in [6.07, 6.45) is 13.3. The molecule has 112 valence electrons. The molecule has 0 N–H and O–H groups in total. The highest BCUT2D eigenvalue weighted by Gasteiger charge is 2.62. The quantitative estimate of drug-likeness (QED) is 0.476. The van der Waals surface area contributed by atoms with Crippen LogP contribution in [0.3, 0.4) is 0 Å². The van der Waals surface area contributed by atoms with Crippen LogP contribution in [0.4, 0.5) is 0 Å². The second-order valence-corrected chi connectivity index (χ2v) is 9.67. The molecule has 4 fully saturated rings. The molecule has 5 atom stereocenters. The first-order chi connectivity index (χ1) is 9.37. The van der Waals surface area contributed by atoms with Crippen molar-refractivity contribution >= 4 is 0 Å². The molecular formula is C20H32. The third kappa shape index (κ3) is 1.54. The molecule has 0 heteroatoms. The van der Waals surface area contributed by atoms with Crippen LogP contribution >= 0.6 is 0 Å². The predicted molar refractivity (Wildman–Crippen MR) is 85.5 cm³/mol. The molecule has 4 aliphatic rings. The first kappa shape index (κ1) is 13.4. The molecule has 4 aliphatic carbocycles. The van der Waals surface area contributed by atoms with Gasteiger partial charge < -0.3 is 0 Å². The largest absolute Gasteiger partial charge is 0.0996 e. The van der Waals surface area contributed by atoms with Crippen molar-refractivity contribution < 1.29 is 0 Å². The van der Waals surface area contributed by atoms with Crippen LogP contribution in [-0.4, -0.2) is 0 Å². The van der Waals surface area contributed by atoms with Crippen molar-refractivity contribution in [2.24, 2.45) is 34.0 Å². The summed E-state index contributed by atoms with van der Waals surface area (Å²) in [4.78, 5) is 0. The number of hydrogen-bond donors (Lipinski definition) is 0. The first-order valence-electron chi connectivity index (χ1n) is 9.05. The summed E-state index contributed by atoms with van der Waals surface area (Å²) in [5, 5.41) is 0. The Hall–Kier alpha value is -0.260. The lowest BCUT2D eigenvalue weighted by atomic mass is 9.41. The molecule has 0 aromatic rings. The van der Waals surface area contributed by atoms with E-state index in [1.165, 1.54) is 57.8 Å². The second-order valence-electron chi connectivity index (χ2n) is 9.67. The van der Waals surface area contributed by atoms with Crippen LogP contribution < -0.4 is 0 Å². The van der Waals surface area contributed by atoms with Gasteiger partial charge in [0.1, 0.15) is 0 Å². The topological polar surface area (TPSA) is 0 Å². The van der Waals surface area contributed by atoms with Crippen molar-refractivity contribution in [1.29, 1.82) is 0 Å². The van der Waals surface area contributed by atoms with Gasteiger partial charge in [-0.2, -0.15) is 0 Å². The highest BCUT2D eigenvalue weighted by molar-refractivity contribution is 5.22. The van der Waals surface area contributed by atoms with Crippen molar-refractivity contribution in [3.05, 3.63) is 12.2 Å². The summed E-state index contributed by atoms with van der Waals surface area (Å²) < 4.78 is 0. The Morgan fingerprint density at radius 3 is 2.55 bits per heavy atom. The number of allylic oxidation sites excluding steroid dienone is 1. The zero-order valence-electron chi connectivity index (χ0n) is 13.8. The van der Waals surface area contributed by atoms with Gasteiger partial charge in [-0.15, -0.1) is 0 Å². The van der Waals surface area contributed by atoms with Crippen molar-refractivity contribution in [2.75, 3.05) is 0 Å². The Morgan fingerprint density at radius 2 is 1.75 bits per heavy atom. The molecule has 1 unspecified atom stereocenters. The Morgan fingerprint density at radius 1 is 0.950 bits per heavy atom. The summed E-state index contributed by atoms with van der Waals surface area (Å²) >= 11 is 0. The molecule has 0 aromatic heterocycles. The maximum absolute atomic E-state index is 4.44. The van der Waals surface area contributed by atoms with Gasteiger partial charge in [0.15, 0.2) is 0 Å². The Balaban J connectivity index is 1.74. The minimum absolute atomic E-state index is 0.584. The summed E-state index contributed by atoms with van der Waals surface area (Å²) in [7, 11) is 0. The van der Waals surface area contributed by atoms with E-state index in [-0.39, 0.29) is 0 Å². The van der Waals surface area contributed by atoms with E-state index in [9.17, 15) is 0 Å². The van der Waals surface area contributed by atoms with Crippen molar-refractivity contribution in [2.45, 2.75) is 78.6 Å².